The third-order valence-corrected chi connectivity index (χ3v) is 6.68. The molecule has 0 saturated heterocycles. The summed E-state index contributed by atoms with van der Waals surface area (Å²) in [6, 6.07) is 4.73. The Kier molecular flexibility index (Phi) is 11.5. The van der Waals surface area contributed by atoms with Crippen molar-refractivity contribution in [1.82, 2.24) is 4.68 Å². The first-order valence-electron chi connectivity index (χ1n) is 11.3. The van der Waals surface area contributed by atoms with Gasteiger partial charge in [-0.3, -0.25) is 14.5 Å². The van der Waals surface area contributed by atoms with Gasteiger partial charge in [-0.25, -0.2) is 4.79 Å². The van der Waals surface area contributed by atoms with Crippen LogP contribution in [0.5, 0.6) is 5.75 Å². The molecule has 0 atom stereocenters. The summed E-state index contributed by atoms with van der Waals surface area (Å²) < 4.78 is 18.1. The van der Waals surface area contributed by atoms with Crippen LogP contribution in [-0.4, -0.2) is 66.5 Å². The van der Waals surface area contributed by atoms with Gasteiger partial charge in [0.15, 0.2) is 5.43 Å². The van der Waals surface area contributed by atoms with Gasteiger partial charge in [-0.1, -0.05) is 34.5 Å². The molecular formula is C24H32BrClN2O7. The van der Waals surface area contributed by atoms with E-state index in [4.69, 9.17) is 25.8 Å². The number of benzene rings is 1. The van der Waals surface area contributed by atoms with Gasteiger partial charge in [0, 0.05) is 43.1 Å². The normalized spacial score (nSPS) is 11.4. The van der Waals surface area contributed by atoms with Crippen LogP contribution in [0.25, 0.3) is 0 Å². The van der Waals surface area contributed by atoms with Gasteiger partial charge in [0.25, 0.3) is 0 Å². The maximum absolute atomic E-state index is 12.3. The van der Waals surface area contributed by atoms with Crippen molar-refractivity contribution in [2.75, 3.05) is 45.2 Å². The van der Waals surface area contributed by atoms with Gasteiger partial charge in [-0.2, -0.15) is 0 Å². The smallest absolute Gasteiger partial charge is 0.343 e. The topological polar surface area (TPSA) is 110 Å². The molecule has 11 heteroatoms. The molecule has 1 heterocycles. The maximum atomic E-state index is 12.3. The first kappa shape index (κ1) is 29.1. The van der Waals surface area contributed by atoms with E-state index in [1.165, 1.54) is 23.1 Å². The Morgan fingerprint density at radius 3 is 2.54 bits per heavy atom. The number of aliphatic hydroxyl groups excluding tert-OH is 2. The molecule has 2 N–H and O–H groups in total. The molecule has 0 bridgehead atoms. The summed E-state index contributed by atoms with van der Waals surface area (Å²) in [6.45, 7) is 3.97. The lowest BCUT2D eigenvalue weighted by atomic mass is 9.96. The van der Waals surface area contributed by atoms with Crippen molar-refractivity contribution < 1.29 is 29.2 Å². The van der Waals surface area contributed by atoms with Crippen LogP contribution >= 0.6 is 27.5 Å². The lowest BCUT2D eigenvalue weighted by Crippen LogP contribution is -2.59. The van der Waals surface area contributed by atoms with Gasteiger partial charge < -0.3 is 24.4 Å². The molecule has 2 aromatic rings. The maximum Gasteiger partial charge on any atom is 0.343 e. The average Bonchev–Trinajstić information content (AvgIpc) is 2.85. The van der Waals surface area contributed by atoms with Gasteiger partial charge in [-0.05, 0) is 31.0 Å². The van der Waals surface area contributed by atoms with Crippen molar-refractivity contribution in [3.8, 4) is 5.75 Å². The van der Waals surface area contributed by atoms with Crippen LogP contribution in [0, 0.1) is 0 Å². The van der Waals surface area contributed by atoms with Crippen molar-refractivity contribution in [1.29, 1.82) is 0 Å². The molecule has 0 amide bonds. The van der Waals surface area contributed by atoms with Gasteiger partial charge in [0.2, 0.25) is 0 Å². The standard InChI is InChI=1S/C24H32BrClN2O7/c1-4-24(15-29,16-30)28(27-8-7-21(31)18(14-27)23(32)34-5-2)13-17-11-22(20(26)12-19(17)25)35-10-6-9-33-3/h7-8,11-12,14,29-30H,4-6,9-10,13,15-16H2,1-3H3. The van der Waals surface area contributed by atoms with E-state index in [-0.39, 0.29) is 31.9 Å². The van der Waals surface area contributed by atoms with Crippen molar-refractivity contribution in [3.63, 3.8) is 0 Å². The monoisotopic (exact) mass is 574 g/mol. The Hall–Kier alpha value is -2.11. The Bertz CT molecular complexity index is 1030. The zero-order valence-corrected chi connectivity index (χ0v) is 22.5. The van der Waals surface area contributed by atoms with Crippen LogP contribution in [0.1, 0.15) is 42.6 Å². The molecule has 0 aliphatic heterocycles. The summed E-state index contributed by atoms with van der Waals surface area (Å²) in [7, 11) is 1.62. The van der Waals surface area contributed by atoms with Crippen LogP contribution in [0.2, 0.25) is 5.02 Å². The Labute approximate surface area is 218 Å². The van der Waals surface area contributed by atoms with E-state index >= 15 is 0 Å². The highest BCUT2D eigenvalue weighted by molar-refractivity contribution is 9.10. The fraction of sp³-hybridized carbons (Fsp3) is 0.500. The second-order valence-corrected chi connectivity index (χ2v) is 9.11. The number of hydrogen-bond donors (Lipinski definition) is 2. The fourth-order valence-corrected chi connectivity index (χ4v) is 4.27. The molecule has 9 nitrogen and oxygen atoms in total. The minimum atomic E-state index is -1.11. The number of halogens is 2. The quantitative estimate of drug-likeness (QED) is 0.261. The van der Waals surface area contributed by atoms with E-state index in [0.29, 0.717) is 41.3 Å². The highest BCUT2D eigenvalue weighted by Gasteiger charge is 2.35. The summed E-state index contributed by atoms with van der Waals surface area (Å²) in [5.41, 5.74) is -1.02. The summed E-state index contributed by atoms with van der Waals surface area (Å²) in [5, 5.41) is 22.7. The van der Waals surface area contributed by atoms with Gasteiger partial charge in [-0.15, -0.1) is 0 Å². The molecule has 1 aromatic heterocycles. The van der Waals surface area contributed by atoms with Crippen LogP contribution < -0.4 is 15.2 Å². The fourth-order valence-electron chi connectivity index (χ4n) is 3.45. The summed E-state index contributed by atoms with van der Waals surface area (Å²) >= 11 is 9.90. The number of aliphatic hydroxyl groups is 2. The summed E-state index contributed by atoms with van der Waals surface area (Å²) in [4.78, 5) is 24.7. The van der Waals surface area contributed by atoms with Crippen LogP contribution in [-0.2, 0) is 16.0 Å². The zero-order valence-electron chi connectivity index (χ0n) is 20.1. The summed E-state index contributed by atoms with van der Waals surface area (Å²) in [6.07, 6.45) is 3.88. The van der Waals surface area contributed by atoms with Crippen LogP contribution in [0.4, 0.5) is 0 Å². The lowest BCUT2D eigenvalue weighted by molar-refractivity contribution is 0.0523. The van der Waals surface area contributed by atoms with Crippen molar-refractivity contribution in [3.05, 3.63) is 61.4 Å². The molecular weight excluding hydrogens is 544 g/mol. The van der Waals surface area contributed by atoms with Crippen molar-refractivity contribution >= 4 is 33.5 Å². The number of nitrogens with zero attached hydrogens (tertiary/aromatic N) is 2. The van der Waals surface area contributed by atoms with E-state index < -0.39 is 16.9 Å². The van der Waals surface area contributed by atoms with Crippen molar-refractivity contribution in [2.24, 2.45) is 0 Å². The molecule has 2 rings (SSSR count). The lowest BCUT2D eigenvalue weighted by Gasteiger charge is -2.44. The number of rotatable bonds is 14. The number of carbonyl (C=O) groups is 1. The molecule has 0 aliphatic rings. The molecule has 35 heavy (non-hydrogen) atoms. The van der Waals surface area contributed by atoms with E-state index in [9.17, 15) is 19.8 Å². The SMILES string of the molecule is CCOC(=O)c1cn(N(Cc2cc(OCCCOC)c(Cl)cc2Br)C(CC)(CO)CO)ccc1=O. The first-order valence-corrected chi connectivity index (χ1v) is 12.4. The largest absolute Gasteiger partial charge is 0.492 e. The minimum Gasteiger partial charge on any atom is -0.492 e. The number of aromatic nitrogens is 1. The number of methoxy groups -OCH3 is 1. The minimum absolute atomic E-state index is 0.119. The van der Waals surface area contributed by atoms with Crippen LogP contribution in [0.15, 0.2) is 39.9 Å². The molecule has 194 valence electrons. The molecule has 0 spiro atoms. The first-order chi connectivity index (χ1) is 16.8. The Morgan fingerprint density at radius 1 is 1.23 bits per heavy atom. The Morgan fingerprint density at radius 2 is 1.94 bits per heavy atom. The number of pyridine rings is 1. The third kappa shape index (κ3) is 7.20. The molecule has 0 aliphatic carbocycles. The highest BCUT2D eigenvalue weighted by atomic mass is 79.9. The molecule has 0 saturated carbocycles. The predicted octanol–water partition coefficient (Wildman–Crippen LogP) is 3.13. The second kappa shape index (κ2) is 13.8. The highest BCUT2D eigenvalue weighted by Crippen LogP contribution is 2.33. The van der Waals surface area contributed by atoms with E-state index in [1.807, 2.05) is 6.92 Å². The van der Waals surface area contributed by atoms with Gasteiger partial charge in [0.05, 0.1) is 38.0 Å². The molecule has 0 unspecified atom stereocenters. The molecule has 1 aromatic carbocycles. The second-order valence-electron chi connectivity index (χ2n) is 7.84. The summed E-state index contributed by atoms with van der Waals surface area (Å²) in [5.74, 6) is -0.274. The van der Waals surface area contributed by atoms with Gasteiger partial charge >= 0.3 is 5.97 Å². The van der Waals surface area contributed by atoms with E-state index in [1.54, 1.807) is 31.2 Å². The van der Waals surface area contributed by atoms with Gasteiger partial charge in [0.1, 0.15) is 16.9 Å². The predicted molar refractivity (Wildman–Crippen MR) is 137 cm³/mol. The number of esters is 1. The van der Waals surface area contributed by atoms with E-state index in [2.05, 4.69) is 15.9 Å². The number of carbonyl (C=O) groups excluding carboxylic acids is 1. The van der Waals surface area contributed by atoms with Crippen LogP contribution in [0.3, 0.4) is 0 Å². The molecule has 0 radical (unpaired) electrons. The molecule has 0 fully saturated rings. The number of ether oxygens (including phenoxy) is 3. The third-order valence-electron chi connectivity index (χ3n) is 5.65. The average molecular weight is 576 g/mol. The van der Waals surface area contributed by atoms with E-state index in [0.717, 1.165) is 5.56 Å². The number of hydrogen-bond acceptors (Lipinski definition) is 8. The zero-order chi connectivity index (χ0) is 26.0. The van der Waals surface area contributed by atoms with Crippen molar-refractivity contribution in [2.45, 2.75) is 38.8 Å². The Balaban J connectivity index is 2.54.